The van der Waals surface area contributed by atoms with Gasteiger partial charge in [0.05, 0.1) is 10.3 Å². The normalized spacial score (nSPS) is 24.6. The van der Waals surface area contributed by atoms with Crippen LogP contribution in [0.3, 0.4) is 0 Å². The van der Waals surface area contributed by atoms with Crippen LogP contribution in [0.1, 0.15) is 69.6 Å². The first-order chi connectivity index (χ1) is 17.4. The maximum Gasteiger partial charge on any atom is 0.314 e. The molecule has 0 aromatic heterocycles. The van der Waals surface area contributed by atoms with Crippen LogP contribution >= 0.6 is 0 Å². The van der Waals surface area contributed by atoms with Crippen molar-refractivity contribution in [1.82, 2.24) is 5.32 Å². The molecule has 202 valence electrons. The molecular weight excluding hydrogens is 490 g/mol. The molecule has 0 radical (unpaired) electrons. The second-order valence-corrected chi connectivity index (χ2v) is 13.0. The van der Waals surface area contributed by atoms with Crippen molar-refractivity contribution >= 4 is 16.1 Å². The molecule has 37 heavy (non-hydrogen) atoms. The fourth-order valence-corrected chi connectivity index (χ4v) is 6.55. The summed E-state index contributed by atoms with van der Waals surface area (Å²) in [6, 6.07) is 13.1. The molecule has 3 atom stereocenters. The molecule has 7 nitrogen and oxygen atoms in total. The molecule has 2 aliphatic carbocycles. The zero-order valence-corrected chi connectivity index (χ0v) is 23.1. The quantitative estimate of drug-likeness (QED) is 0.319. The molecule has 2 bridgehead atoms. The predicted octanol–water partition coefficient (Wildman–Crippen LogP) is 5.20. The Morgan fingerprint density at radius 2 is 1.84 bits per heavy atom. The van der Waals surface area contributed by atoms with Gasteiger partial charge < -0.3 is 14.8 Å². The highest BCUT2D eigenvalue weighted by atomic mass is 32.2. The number of hydrogen-bond acceptors (Lipinski definition) is 6. The summed E-state index contributed by atoms with van der Waals surface area (Å²) in [5.41, 5.74) is 3.75. The van der Waals surface area contributed by atoms with Gasteiger partial charge in [0.2, 0.25) is 6.79 Å². The number of piperidine rings is 1. The van der Waals surface area contributed by atoms with Gasteiger partial charge in [0.25, 0.3) is 10.1 Å². The second kappa shape index (κ2) is 10.8. The molecule has 8 heteroatoms. The molecule has 1 aliphatic heterocycles. The number of rotatable bonds is 4. The summed E-state index contributed by atoms with van der Waals surface area (Å²) in [6.07, 6.45) is 7.68. The summed E-state index contributed by atoms with van der Waals surface area (Å²) in [5.74, 6) is 1.34. The van der Waals surface area contributed by atoms with E-state index in [-0.39, 0.29) is 17.7 Å². The Hall–Kier alpha value is -2.42. The minimum Gasteiger partial charge on any atom is -0.457 e. The van der Waals surface area contributed by atoms with Crippen LogP contribution in [0.25, 0.3) is 0 Å². The highest BCUT2D eigenvalue weighted by Gasteiger charge is 2.51. The average molecular weight is 530 g/mol. The van der Waals surface area contributed by atoms with Crippen LogP contribution in [0.2, 0.25) is 0 Å². The van der Waals surface area contributed by atoms with E-state index in [2.05, 4.69) is 17.4 Å². The first-order valence-corrected chi connectivity index (χ1v) is 14.6. The van der Waals surface area contributed by atoms with E-state index in [0.717, 1.165) is 30.2 Å². The summed E-state index contributed by atoms with van der Waals surface area (Å²) in [4.78, 5) is 11.8. The molecule has 1 saturated carbocycles. The zero-order valence-electron chi connectivity index (χ0n) is 22.2. The third-order valence-corrected chi connectivity index (χ3v) is 8.83. The van der Waals surface area contributed by atoms with Crippen molar-refractivity contribution in [2.75, 3.05) is 13.3 Å². The Balaban J connectivity index is 0.000000245. The standard InChI is InChI=1S/C22H31NO3.C7H8O3S/c1-21(2,3)20(24)26-14-25-16-8-7-15-12-19-17-6-4-5-9-22(17,10-11-23-19)18(15)13-16;1-6-2-4-7(5-3-6)11(8,9)10/h7-8,13,17,19,23H,4-6,9-12,14H2,1-3H3;2-5H,1H3,(H,8,9,10)/t17-,19+,22-;/m1./s1. The van der Waals surface area contributed by atoms with E-state index in [1.807, 2.05) is 33.8 Å². The first kappa shape index (κ1) is 27.6. The van der Waals surface area contributed by atoms with E-state index in [1.165, 1.54) is 55.4 Å². The Bertz CT molecular complexity index is 1210. The summed E-state index contributed by atoms with van der Waals surface area (Å²) in [7, 11) is -4.02. The lowest BCUT2D eigenvalue weighted by atomic mass is 9.53. The van der Waals surface area contributed by atoms with Gasteiger partial charge in [0.15, 0.2) is 0 Å². The smallest absolute Gasteiger partial charge is 0.314 e. The van der Waals surface area contributed by atoms with Gasteiger partial charge in [0.1, 0.15) is 5.75 Å². The van der Waals surface area contributed by atoms with Crippen molar-refractivity contribution in [3.8, 4) is 5.75 Å². The van der Waals surface area contributed by atoms with E-state index in [0.29, 0.717) is 11.5 Å². The second-order valence-electron chi connectivity index (χ2n) is 11.6. The third-order valence-electron chi connectivity index (χ3n) is 7.97. The van der Waals surface area contributed by atoms with Crippen LogP contribution in [0, 0.1) is 18.3 Å². The molecule has 2 fully saturated rings. The van der Waals surface area contributed by atoms with Crippen LogP contribution in [-0.4, -0.2) is 38.3 Å². The van der Waals surface area contributed by atoms with Gasteiger partial charge >= 0.3 is 5.97 Å². The fraction of sp³-hybridized carbons (Fsp3) is 0.552. The van der Waals surface area contributed by atoms with E-state index in [4.69, 9.17) is 14.0 Å². The molecule has 3 aliphatic rings. The van der Waals surface area contributed by atoms with Gasteiger partial charge in [-0.15, -0.1) is 0 Å². The monoisotopic (exact) mass is 529 g/mol. The highest BCUT2D eigenvalue weighted by molar-refractivity contribution is 7.85. The van der Waals surface area contributed by atoms with Crippen molar-refractivity contribution in [2.24, 2.45) is 11.3 Å². The van der Waals surface area contributed by atoms with Gasteiger partial charge in [0, 0.05) is 11.5 Å². The molecule has 1 saturated heterocycles. The van der Waals surface area contributed by atoms with Gasteiger partial charge in [-0.05, 0) is 101 Å². The molecule has 0 spiro atoms. The van der Waals surface area contributed by atoms with Crippen LogP contribution in [0.5, 0.6) is 5.75 Å². The molecule has 2 N–H and O–H groups in total. The number of hydrogen-bond donors (Lipinski definition) is 2. The Morgan fingerprint density at radius 3 is 2.51 bits per heavy atom. The lowest BCUT2D eigenvalue weighted by molar-refractivity contribution is -0.159. The molecule has 5 rings (SSSR count). The molecule has 2 aromatic carbocycles. The number of benzene rings is 2. The van der Waals surface area contributed by atoms with Gasteiger partial charge in [-0.3, -0.25) is 9.35 Å². The predicted molar refractivity (Wildman–Crippen MR) is 142 cm³/mol. The number of carbonyl (C=O) groups excluding carboxylic acids is 1. The van der Waals surface area contributed by atoms with Crippen LogP contribution in [0.15, 0.2) is 47.4 Å². The summed E-state index contributed by atoms with van der Waals surface area (Å²) in [6.45, 7) is 8.50. The number of esters is 1. The minimum atomic E-state index is -4.02. The van der Waals surface area contributed by atoms with E-state index >= 15 is 0 Å². The van der Waals surface area contributed by atoms with Gasteiger partial charge in [-0.2, -0.15) is 8.42 Å². The van der Waals surface area contributed by atoms with Crippen LogP contribution in [-0.2, 0) is 31.5 Å². The topological polar surface area (TPSA) is 102 Å². The van der Waals surface area contributed by atoms with E-state index in [1.54, 1.807) is 12.1 Å². The van der Waals surface area contributed by atoms with Crippen molar-refractivity contribution < 1.29 is 27.2 Å². The lowest BCUT2D eigenvalue weighted by Gasteiger charge is -2.56. The van der Waals surface area contributed by atoms with Crippen LogP contribution in [0.4, 0.5) is 0 Å². The van der Waals surface area contributed by atoms with Crippen molar-refractivity contribution in [2.45, 2.75) is 82.6 Å². The Morgan fingerprint density at radius 1 is 1.11 bits per heavy atom. The van der Waals surface area contributed by atoms with Crippen molar-refractivity contribution in [1.29, 1.82) is 0 Å². The van der Waals surface area contributed by atoms with Crippen molar-refractivity contribution in [3.05, 3.63) is 59.2 Å². The largest absolute Gasteiger partial charge is 0.457 e. The summed E-state index contributed by atoms with van der Waals surface area (Å²) < 4.78 is 40.6. The maximum absolute atomic E-state index is 11.9. The van der Waals surface area contributed by atoms with E-state index < -0.39 is 15.5 Å². The number of fused-ring (bicyclic) bond motifs is 1. The molecule has 0 amide bonds. The Labute approximate surface area is 220 Å². The van der Waals surface area contributed by atoms with E-state index in [9.17, 15) is 13.2 Å². The minimum absolute atomic E-state index is 0.0184. The first-order valence-electron chi connectivity index (χ1n) is 13.1. The van der Waals surface area contributed by atoms with Gasteiger partial charge in [-0.25, -0.2) is 0 Å². The van der Waals surface area contributed by atoms with Gasteiger partial charge in [-0.1, -0.05) is 36.6 Å². The zero-order chi connectivity index (χ0) is 26.8. The number of carbonyl (C=O) groups is 1. The summed E-state index contributed by atoms with van der Waals surface area (Å²) >= 11 is 0. The third kappa shape index (κ3) is 6.19. The summed E-state index contributed by atoms with van der Waals surface area (Å²) in [5, 5.41) is 3.77. The Kier molecular flexibility index (Phi) is 8.02. The molecule has 0 unspecified atom stereocenters. The maximum atomic E-state index is 11.9. The van der Waals surface area contributed by atoms with Crippen LogP contribution < -0.4 is 10.1 Å². The number of nitrogens with one attached hydrogen (secondary N) is 1. The fourth-order valence-electron chi connectivity index (χ4n) is 6.07. The average Bonchev–Trinajstić information content (AvgIpc) is 2.84. The number of ether oxygens (including phenoxy) is 2. The molecular formula is C29H39NO6S. The SMILES string of the molecule is CC(C)(C)C(=O)OCOc1ccc2c(c1)[C@@]13CCCC[C@@H]1[C@H](C2)NCC3.Cc1ccc(S(=O)(=O)O)cc1. The van der Waals surface area contributed by atoms with Crippen molar-refractivity contribution in [3.63, 3.8) is 0 Å². The lowest BCUT2D eigenvalue weighted by Crippen LogP contribution is -2.59. The highest BCUT2D eigenvalue weighted by Crippen LogP contribution is 2.54. The molecule has 1 heterocycles. The molecule has 2 aromatic rings. The number of aryl methyl sites for hydroxylation is 1.